The maximum atomic E-state index is 6.15. The standard InChI is InChI=1S/C28H43NO2/c29-28(27-19-13-10-14-20-27)25-31-23-16-8-6-4-2-1-3-5-7-15-22-30-24-21-26-17-11-9-12-18-26/h9-14,17-20,28H,1-8,15-16,21-25,29H2/t28-/m1/s1. The van der Waals surface area contributed by atoms with Gasteiger partial charge in [0.1, 0.15) is 0 Å². The molecule has 0 bridgehead atoms. The predicted octanol–water partition coefficient (Wildman–Crippen LogP) is 6.86. The fraction of sp³-hybridized carbons (Fsp3) is 0.571. The van der Waals surface area contributed by atoms with Crippen molar-refractivity contribution in [2.75, 3.05) is 26.4 Å². The van der Waals surface area contributed by atoms with Crippen LogP contribution in [0.15, 0.2) is 60.7 Å². The van der Waals surface area contributed by atoms with Gasteiger partial charge in [0.2, 0.25) is 0 Å². The summed E-state index contributed by atoms with van der Waals surface area (Å²) in [6, 6.07) is 20.8. The van der Waals surface area contributed by atoms with Gasteiger partial charge < -0.3 is 15.2 Å². The average Bonchev–Trinajstić information content (AvgIpc) is 2.82. The van der Waals surface area contributed by atoms with Crippen LogP contribution in [0.4, 0.5) is 0 Å². The van der Waals surface area contributed by atoms with Gasteiger partial charge in [-0.1, -0.05) is 112 Å². The maximum absolute atomic E-state index is 6.15. The molecule has 2 aromatic rings. The van der Waals surface area contributed by atoms with Crippen LogP contribution in [0.3, 0.4) is 0 Å². The number of benzene rings is 2. The number of hydrogen-bond acceptors (Lipinski definition) is 3. The fourth-order valence-electron chi connectivity index (χ4n) is 3.77. The minimum atomic E-state index is -0.0120. The molecule has 0 radical (unpaired) electrons. The van der Waals surface area contributed by atoms with Crippen molar-refractivity contribution >= 4 is 0 Å². The van der Waals surface area contributed by atoms with Crippen molar-refractivity contribution in [2.24, 2.45) is 5.73 Å². The molecule has 2 N–H and O–H groups in total. The van der Waals surface area contributed by atoms with E-state index in [9.17, 15) is 0 Å². The monoisotopic (exact) mass is 425 g/mol. The molecule has 0 aromatic heterocycles. The second-order valence-electron chi connectivity index (χ2n) is 8.48. The topological polar surface area (TPSA) is 44.5 Å². The third-order valence-electron chi connectivity index (χ3n) is 5.73. The van der Waals surface area contributed by atoms with E-state index >= 15 is 0 Å². The molecule has 0 unspecified atom stereocenters. The lowest BCUT2D eigenvalue weighted by Gasteiger charge is -2.12. The third kappa shape index (κ3) is 13.4. The minimum Gasteiger partial charge on any atom is -0.381 e. The molecule has 0 aliphatic heterocycles. The molecule has 0 spiro atoms. The quantitative estimate of drug-likeness (QED) is 0.250. The molecule has 3 nitrogen and oxygen atoms in total. The van der Waals surface area contributed by atoms with Crippen LogP contribution in [-0.4, -0.2) is 26.4 Å². The zero-order valence-electron chi connectivity index (χ0n) is 19.4. The summed E-state index contributed by atoms with van der Waals surface area (Å²) in [5.41, 5.74) is 8.66. The molecule has 1 atom stereocenters. The van der Waals surface area contributed by atoms with Gasteiger partial charge in [-0.25, -0.2) is 0 Å². The predicted molar refractivity (Wildman–Crippen MR) is 131 cm³/mol. The van der Waals surface area contributed by atoms with E-state index in [1.807, 2.05) is 18.2 Å². The molecule has 172 valence electrons. The van der Waals surface area contributed by atoms with Gasteiger partial charge in [-0.2, -0.15) is 0 Å². The Bertz CT molecular complexity index is 632. The van der Waals surface area contributed by atoms with Crippen molar-refractivity contribution in [3.8, 4) is 0 Å². The molecule has 0 saturated heterocycles. The molecule has 3 heteroatoms. The number of hydrogen-bond donors (Lipinski definition) is 1. The SMILES string of the molecule is N[C@H](COCCCCCCCCCCCCOCCc1ccccc1)c1ccccc1. The maximum Gasteiger partial charge on any atom is 0.0659 e. The van der Waals surface area contributed by atoms with E-state index in [-0.39, 0.29) is 6.04 Å². The summed E-state index contributed by atoms with van der Waals surface area (Å²) < 4.78 is 11.5. The van der Waals surface area contributed by atoms with Crippen molar-refractivity contribution in [1.82, 2.24) is 0 Å². The van der Waals surface area contributed by atoms with Gasteiger partial charge in [-0.3, -0.25) is 0 Å². The first-order valence-corrected chi connectivity index (χ1v) is 12.4. The summed E-state index contributed by atoms with van der Waals surface area (Å²) in [5, 5.41) is 0. The van der Waals surface area contributed by atoms with Crippen molar-refractivity contribution < 1.29 is 9.47 Å². The molecule has 0 heterocycles. The summed E-state index contributed by atoms with van der Waals surface area (Å²) in [6.07, 6.45) is 14.1. The lowest BCUT2D eigenvalue weighted by Crippen LogP contribution is -2.17. The molecule has 0 fully saturated rings. The number of nitrogens with two attached hydrogens (primary N) is 1. The molecule has 2 aromatic carbocycles. The Morgan fingerprint density at radius 3 is 1.61 bits per heavy atom. The van der Waals surface area contributed by atoms with Crippen LogP contribution < -0.4 is 5.73 Å². The van der Waals surface area contributed by atoms with E-state index in [4.69, 9.17) is 15.2 Å². The molecule has 31 heavy (non-hydrogen) atoms. The van der Waals surface area contributed by atoms with Crippen molar-refractivity contribution in [3.63, 3.8) is 0 Å². The Kier molecular flexibility index (Phi) is 14.8. The Labute approximate surface area is 190 Å². The van der Waals surface area contributed by atoms with E-state index in [1.54, 1.807) is 0 Å². The zero-order valence-corrected chi connectivity index (χ0v) is 19.4. The van der Waals surface area contributed by atoms with Gasteiger partial charge in [0, 0.05) is 13.2 Å². The average molecular weight is 426 g/mol. The number of unbranched alkanes of at least 4 members (excludes halogenated alkanes) is 9. The van der Waals surface area contributed by atoms with Crippen LogP contribution in [0.1, 0.15) is 81.4 Å². The smallest absolute Gasteiger partial charge is 0.0659 e. The second kappa shape index (κ2) is 17.9. The van der Waals surface area contributed by atoms with Crippen LogP contribution in [0, 0.1) is 0 Å². The molecule has 0 aliphatic carbocycles. The highest BCUT2D eigenvalue weighted by molar-refractivity contribution is 5.18. The summed E-state index contributed by atoms with van der Waals surface area (Å²) in [4.78, 5) is 0. The molecular weight excluding hydrogens is 382 g/mol. The van der Waals surface area contributed by atoms with E-state index < -0.39 is 0 Å². The summed E-state index contributed by atoms with van der Waals surface area (Å²) in [7, 11) is 0. The van der Waals surface area contributed by atoms with Gasteiger partial charge >= 0.3 is 0 Å². The van der Waals surface area contributed by atoms with Crippen molar-refractivity contribution in [1.29, 1.82) is 0 Å². The summed E-state index contributed by atoms with van der Waals surface area (Å²) in [6.45, 7) is 3.19. The molecule has 0 aliphatic rings. The van der Waals surface area contributed by atoms with Crippen LogP contribution >= 0.6 is 0 Å². The number of rotatable bonds is 19. The minimum absolute atomic E-state index is 0.0120. The first-order chi connectivity index (χ1) is 15.4. The summed E-state index contributed by atoms with van der Waals surface area (Å²) in [5.74, 6) is 0. The molecule has 0 amide bonds. The highest BCUT2D eigenvalue weighted by Crippen LogP contribution is 2.12. The van der Waals surface area contributed by atoms with Gasteiger partial charge in [-0.15, -0.1) is 0 Å². The van der Waals surface area contributed by atoms with Gasteiger partial charge in [0.05, 0.1) is 19.3 Å². The van der Waals surface area contributed by atoms with Crippen LogP contribution in [0.5, 0.6) is 0 Å². The van der Waals surface area contributed by atoms with Crippen LogP contribution in [0.2, 0.25) is 0 Å². The van der Waals surface area contributed by atoms with Crippen LogP contribution in [-0.2, 0) is 15.9 Å². The van der Waals surface area contributed by atoms with Gasteiger partial charge in [-0.05, 0) is 30.4 Å². The fourth-order valence-corrected chi connectivity index (χ4v) is 3.77. The third-order valence-corrected chi connectivity index (χ3v) is 5.73. The number of ether oxygens (including phenoxy) is 2. The zero-order chi connectivity index (χ0) is 21.8. The highest BCUT2D eigenvalue weighted by atomic mass is 16.5. The molecule has 0 saturated carbocycles. The van der Waals surface area contributed by atoms with E-state index in [2.05, 4.69) is 42.5 Å². The Morgan fingerprint density at radius 2 is 1.03 bits per heavy atom. The van der Waals surface area contributed by atoms with E-state index in [1.165, 1.54) is 63.4 Å². The van der Waals surface area contributed by atoms with Crippen LogP contribution in [0.25, 0.3) is 0 Å². The second-order valence-corrected chi connectivity index (χ2v) is 8.48. The van der Waals surface area contributed by atoms with Gasteiger partial charge in [0.25, 0.3) is 0 Å². The Hall–Kier alpha value is -1.68. The van der Waals surface area contributed by atoms with Gasteiger partial charge in [0.15, 0.2) is 0 Å². The molecule has 2 rings (SSSR count). The van der Waals surface area contributed by atoms with E-state index in [0.717, 1.165) is 38.2 Å². The van der Waals surface area contributed by atoms with Crippen molar-refractivity contribution in [2.45, 2.75) is 76.7 Å². The van der Waals surface area contributed by atoms with E-state index in [0.29, 0.717) is 6.61 Å². The first kappa shape index (κ1) is 25.6. The molecular formula is C28H43NO2. The Balaban J connectivity index is 1.25. The highest BCUT2D eigenvalue weighted by Gasteiger charge is 2.04. The largest absolute Gasteiger partial charge is 0.381 e. The lowest BCUT2D eigenvalue weighted by atomic mass is 10.1. The lowest BCUT2D eigenvalue weighted by molar-refractivity contribution is 0.117. The summed E-state index contributed by atoms with van der Waals surface area (Å²) >= 11 is 0. The Morgan fingerprint density at radius 1 is 0.548 bits per heavy atom. The normalized spacial score (nSPS) is 12.2. The first-order valence-electron chi connectivity index (χ1n) is 12.4. The van der Waals surface area contributed by atoms with Crippen molar-refractivity contribution in [3.05, 3.63) is 71.8 Å².